The number of benzene rings is 3. The molecular weight excluding hydrogens is 439 g/mol. The summed E-state index contributed by atoms with van der Waals surface area (Å²) in [7, 11) is 1.56. The highest BCUT2D eigenvalue weighted by atomic mass is 35.5. The van der Waals surface area contributed by atoms with Crippen LogP contribution in [-0.2, 0) is 6.61 Å². The first-order valence-electron chi connectivity index (χ1n) is 9.41. The molecule has 4 aromatic rings. The van der Waals surface area contributed by atoms with E-state index >= 15 is 0 Å². The van der Waals surface area contributed by atoms with Gasteiger partial charge in [0.15, 0.2) is 0 Å². The van der Waals surface area contributed by atoms with E-state index in [-0.39, 0.29) is 17.8 Å². The van der Waals surface area contributed by atoms with Gasteiger partial charge in [-0.1, -0.05) is 35.3 Å². The van der Waals surface area contributed by atoms with Gasteiger partial charge in [-0.2, -0.15) is 0 Å². The third-order valence-electron chi connectivity index (χ3n) is 4.69. The van der Waals surface area contributed by atoms with E-state index in [0.29, 0.717) is 49.6 Å². The minimum Gasteiger partial charge on any atom is -0.497 e. The summed E-state index contributed by atoms with van der Waals surface area (Å²) in [5.41, 5.74) is 0.802. The van der Waals surface area contributed by atoms with Crippen LogP contribution in [-0.4, -0.2) is 7.11 Å². The number of hydrogen-bond acceptors (Lipinski definition) is 5. The predicted molar refractivity (Wildman–Crippen MR) is 121 cm³/mol. The van der Waals surface area contributed by atoms with Crippen molar-refractivity contribution in [3.05, 3.63) is 92.3 Å². The summed E-state index contributed by atoms with van der Waals surface area (Å²) in [6.45, 7) is 1.86. The first-order valence-corrected chi connectivity index (χ1v) is 10.2. The van der Waals surface area contributed by atoms with Crippen LogP contribution in [0.5, 0.6) is 23.0 Å². The standard InChI is InChI=1S/C24H18Cl2O5/c1-14-24(31-17-6-3-5-15(11-17)28-2)23(27)18-10-9-16(12-22(18)30-14)29-13-19-20(25)7-4-8-21(19)26/h3-12H,13H2,1-2H3. The average molecular weight is 457 g/mol. The quantitative estimate of drug-likeness (QED) is 0.319. The van der Waals surface area contributed by atoms with Crippen molar-refractivity contribution in [1.82, 2.24) is 0 Å². The van der Waals surface area contributed by atoms with Crippen molar-refractivity contribution in [2.45, 2.75) is 13.5 Å². The average Bonchev–Trinajstić information content (AvgIpc) is 2.76. The van der Waals surface area contributed by atoms with Crippen molar-refractivity contribution in [3.63, 3.8) is 0 Å². The Morgan fingerprint density at radius 2 is 1.61 bits per heavy atom. The van der Waals surface area contributed by atoms with Crippen LogP contribution in [0.1, 0.15) is 11.3 Å². The van der Waals surface area contributed by atoms with E-state index < -0.39 is 0 Å². The molecule has 0 bridgehead atoms. The Balaban J connectivity index is 1.62. The third kappa shape index (κ3) is 4.48. The van der Waals surface area contributed by atoms with Crippen molar-refractivity contribution in [2.24, 2.45) is 0 Å². The lowest BCUT2D eigenvalue weighted by molar-refractivity contribution is 0.306. The number of aryl methyl sites for hydroxylation is 1. The molecule has 7 heteroatoms. The number of methoxy groups -OCH3 is 1. The lowest BCUT2D eigenvalue weighted by Gasteiger charge is -2.12. The van der Waals surface area contributed by atoms with E-state index in [4.69, 9.17) is 41.8 Å². The monoisotopic (exact) mass is 456 g/mol. The van der Waals surface area contributed by atoms with Crippen molar-refractivity contribution < 1.29 is 18.6 Å². The zero-order valence-corrected chi connectivity index (χ0v) is 18.3. The molecule has 0 radical (unpaired) electrons. The molecule has 0 saturated carbocycles. The summed E-state index contributed by atoms with van der Waals surface area (Å²) in [5, 5.41) is 1.43. The number of fused-ring (bicyclic) bond motifs is 1. The Morgan fingerprint density at radius 1 is 0.903 bits per heavy atom. The molecule has 0 unspecified atom stereocenters. The molecule has 1 heterocycles. The molecule has 0 aliphatic rings. The molecule has 0 N–H and O–H groups in total. The largest absolute Gasteiger partial charge is 0.497 e. The molecule has 3 aromatic carbocycles. The third-order valence-corrected chi connectivity index (χ3v) is 5.40. The van der Waals surface area contributed by atoms with E-state index in [1.54, 1.807) is 74.7 Å². The Kier molecular flexibility index (Phi) is 6.07. The van der Waals surface area contributed by atoms with Gasteiger partial charge in [-0.05, 0) is 43.3 Å². The van der Waals surface area contributed by atoms with E-state index in [1.807, 2.05) is 0 Å². The van der Waals surface area contributed by atoms with Crippen LogP contribution in [0.25, 0.3) is 11.0 Å². The van der Waals surface area contributed by atoms with Crippen LogP contribution in [0.2, 0.25) is 10.0 Å². The highest BCUT2D eigenvalue weighted by Gasteiger charge is 2.15. The topological polar surface area (TPSA) is 57.9 Å². The number of halogens is 2. The molecule has 158 valence electrons. The molecule has 4 rings (SSSR count). The van der Waals surface area contributed by atoms with Gasteiger partial charge in [0.2, 0.25) is 11.2 Å². The van der Waals surface area contributed by atoms with Gasteiger partial charge in [0, 0.05) is 27.7 Å². The van der Waals surface area contributed by atoms with Crippen molar-refractivity contribution in [3.8, 4) is 23.0 Å². The second kappa shape index (κ2) is 8.92. The van der Waals surface area contributed by atoms with Gasteiger partial charge in [0.05, 0.1) is 12.5 Å². The van der Waals surface area contributed by atoms with Crippen LogP contribution in [0.15, 0.2) is 69.9 Å². The molecule has 1 aromatic heterocycles. The van der Waals surface area contributed by atoms with Crippen LogP contribution >= 0.6 is 23.2 Å². The molecule has 31 heavy (non-hydrogen) atoms. The first-order chi connectivity index (χ1) is 15.0. The maximum Gasteiger partial charge on any atom is 0.235 e. The zero-order valence-electron chi connectivity index (χ0n) is 16.8. The summed E-state index contributed by atoms with van der Waals surface area (Å²) in [5.74, 6) is 2.10. The number of rotatable bonds is 6. The highest BCUT2D eigenvalue weighted by Crippen LogP contribution is 2.30. The molecule has 0 atom stereocenters. The smallest absolute Gasteiger partial charge is 0.235 e. The molecule has 0 spiro atoms. The number of hydrogen-bond donors (Lipinski definition) is 0. The maximum absolute atomic E-state index is 13.0. The van der Waals surface area contributed by atoms with Crippen molar-refractivity contribution in [2.75, 3.05) is 7.11 Å². The summed E-state index contributed by atoms with van der Waals surface area (Å²) in [6.07, 6.45) is 0. The lowest BCUT2D eigenvalue weighted by Crippen LogP contribution is -2.07. The second-order valence-corrected chi connectivity index (χ2v) is 7.56. The van der Waals surface area contributed by atoms with E-state index in [0.717, 1.165) is 0 Å². The molecule has 0 saturated heterocycles. The zero-order chi connectivity index (χ0) is 22.0. The van der Waals surface area contributed by atoms with Gasteiger partial charge in [-0.3, -0.25) is 4.79 Å². The first kappa shape index (κ1) is 21.1. The van der Waals surface area contributed by atoms with E-state index in [9.17, 15) is 4.79 Å². The summed E-state index contributed by atoms with van der Waals surface area (Å²) in [6, 6.07) is 17.3. The maximum atomic E-state index is 13.0. The fourth-order valence-electron chi connectivity index (χ4n) is 3.08. The molecule has 0 aliphatic carbocycles. The molecule has 5 nitrogen and oxygen atoms in total. The van der Waals surface area contributed by atoms with Crippen molar-refractivity contribution in [1.29, 1.82) is 0 Å². The summed E-state index contributed by atoms with van der Waals surface area (Å²) >= 11 is 12.4. The van der Waals surface area contributed by atoms with E-state index in [1.165, 1.54) is 0 Å². The Bertz CT molecular complexity index is 1290. The van der Waals surface area contributed by atoms with Crippen LogP contribution in [0, 0.1) is 6.92 Å². The highest BCUT2D eigenvalue weighted by molar-refractivity contribution is 6.35. The minimum absolute atomic E-state index is 0.122. The van der Waals surface area contributed by atoms with E-state index in [2.05, 4.69) is 0 Å². The predicted octanol–water partition coefficient (Wildman–Crippen LogP) is 6.79. The van der Waals surface area contributed by atoms with Crippen LogP contribution < -0.4 is 19.6 Å². The van der Waals surface area contributed by atoms with Crippen molar-refractivity contribution >= 4 is 34.2 Å². The molecule has 0 aliphatic heterocycles. The van der Waals surface area contributed by atoms with Gasteiger partial charge in [-0.15, -0.1) is 0 Å². The molecule has 0 fully saturated rings. The Hall–Kier alpha value is -3.15. The normalized spacial score (nSPS) is 10.8. The molecule has 0 amide bonds. The molecular formula is C24H18Cl2O5. The summed E-state index contributed by atoms with van der Waals surface area (Å²) < 4.78 is 22.7. The van der Waals surface area contributed by atoms with Gasteiger partial charge in [0.25, 0.3) is 0 Å². The second-order valence-electron chi connectivity index (χ2n) is 6.74. The Morgan fingerprint density at radius 3 is 2.35 bits per heavy atom. The van der Waals surface area contributed by atoms with Crippen LogP contribution in [0.4, 0.5) is 0 Å². The minimum atomic E-state index is -0.276. The Labute approximate surface area is 188 Å². The number of ether oxygens (including phenoxy) is 3. The lowest BCUT2D eigenvalue weighted by atomic mass is 10.2. The summed E-state index contributed by atoms with van der Waals surface area (Å²) in [4.78, 5) is 13.0. The SMILES string of the molecule is COc1cccc(Oc2c(C)oc3cc(OCc4c(Cl)cccc4Cl)ccc3c2=O)c1. The van der Waals surface area contributed by atoms with Gasteiger partial charge in [0.1, 0.15) is 35.2 Å². The fourth-order valence-corrected chi connectivity index (χ4v) is 3.59. The van der Waals surface area contributed by atoms with Gasteiger partial charge >= 0.3 is 0 Å². The van der Waals surface area contributed by atoms with Gasteiger partial charge in [-0.25, -0.2) is 0 Å². The fraction of sp³-hybridized carbons (Fsp3) is 0.125. The van der Waals surface area contributed by atoms with Gasteiger partial charge < -0.3 is 18.6 Å². The van der Waals surface area contributed by atoms with Crippen LogP contribution in [0.3, 0.4) is 0 Å².